The molecule has 0 radical (unpaired) electrons. The Morgan fingerprint density at radius 2 is 1.78 bits per heavy atom. The van der Waals surface area contributed by atoms with Crippen LogP contribution < -0.4 is 11.2 Å². The van der Waals surface area contributed by atoms with E-state index in [1.54, 1.807) is 6.07 Å². The molecule has 2 aromatic rings. The Hall–Kier alpha value is -2.17. The largest absolute Gasteiger partial charge is 0.335 e. The van der Waals surface area contributed by atoms with Crippen molar-refractivity contribution in [2.45, 2.75) is 19.9 Å². The molecule has 0 amide bonds. The van der Waals surface area contributed by atoms with Gasteiger partial charge in [0.25, 0.3) is 5.56 Å². The lowest BCUT2D eigenvalue weighted by atomic mass is 10.3. The topological polar surface area (TPSA) is 44.0 Å². The lowest BCUT2D eigenvalue weighted by Crippen LogP contribution is -2.38. The van der Waals surface area contributed by atoms with Gasteiger partial charge in [0, 0.05) is 18.3 Å². The lowest BCUT2D eigenvalue weighted by Gasteiger charge is -2.12. The van der Waals surface area contributed by atoms with Crippen molar-refractivity contribution >= 4 is 0 Å². The normalized spacial score (nSPS) is 10.9. The molecular formula is C13H13FN2O2. The Bertz CT molecular complexity index is 686. The molecule has 0 saturated carbocycles. The first-order valence-corrected chi connectivity index (χ1v) is 5.61. The van der Waals surface area contributed by atoms with Gasteiger partial charge < -0.3 is 0 Å². The summed E-state index contributed by atoms with van der Waals surface area (Å²) in [6.45, 7) is 3.63. The van der Waals surface area contributed by atoms with E-state index in [4.69, 9.17) is 0 Å². The van der Waals surface area contributed by atoms with Crippen molar-refractivity contribution in [2.75, 3.05) is 0 Å². The zero-order valence-corrected chi connectivity index (χ0v) is 10.1. The molecule has 0 unspecified atom stereocenters. The van der Waals surface area contributed by atoms with Crippen LogP contribution in [0.2, 0.25) is 0 Å². The highest BCUT2D eigenvalue weighted by molar-refractivity contribution is 5.33. The predicted octanol–water partition coefficient (Wildman–Crippen LogP) is 1.72. The van der Waals surface area contributed by atoms with E-state index in [0.717, 1.165) is 4.57 Å². The van der Waals surface area contributed by atoms with E-state index in [2.05, 4.69) is 0 Å². The molecular weight excluding hydrogens is 235 g/mol. The van der Waals surface area contributed by atoms with Crippen molar-refractivity contribution in [2.24, 2.45) is 0 Å². The zero-order valence-electron chi connectivity index (χ0n) is 10.1. The molecule has 0 bridgehead atoms. The van der Waals surface area contributed by atoms with Gasteiger partial charge in [-0.3, -0.25) is 9.36 Å². The minimum absolute atomic E-state index is 0.0255. The molecule has 0 aliphatic rings. The van der Waals surface area contributed by atoms with E-state index < -0.39 is 17.1 Å². The Morgan fingerprint density at radius 1 is 1.11 bits per heavy atom. The first-order valence-electron chi connectivity index (χ1n) is 5.61. The van der Waals surface area contributed by atoms with E-state index >= 15 is 0 Å². The van der Waals surface area contributed by atoms with Crippen LogP contribution in [0.15, 0.2) is 46.1 Å². The predicted molar refractivity (Wildman–Crippen MR) is 66.6 cm³/mol. The molecule has 0 fully saturated rings. The first kappa shape index (κ1) is 12.3. The van der Waals surface area contributed by atoms with Gasteiger partial charge in [0.2, 0.25) is 0 Å². The standard InChI is InChI=1S/C13H13FN2O2/c1-9(2)15-8-7-12(17)16(13(15)18)11-6-4-3-5-10(11)14/h3-9H,1-2H3. The van der Waals surface area contributed by atoms with Crippen molar-refractivity contribution in [3.05, 3.63) is 63.2 Å². The quantitative estimate of drug-likeness (QED) is 0.812. The molecule has 0 spiro atoms. The summed E-state index contributed by atoms with van der Waals surface area (Å²) in [5.41, 5.74) is -1.10. The third-order valence-corrected chi connectivity index (χ3v) is 2.66. The monoisotopic (exact) mass is 248 g/mol. The van der Waals surface area contributed by atoms with Gasteiger partial charge in [-0.15, -0.1) is 0 Å². The molecule has 1 aromatic heterocycles. The van der Waals surface area contributed by atoms with Crippen molar-refractivity contribution < 1.29 is 4.39 Å². The van der Waals surface area contributed by atoms with Crippen LogP contribution in [0.25, 0.3) is 5.69 Å². The highest BCUT2D eigenvalue weighted by Crippen LogP contribution is 2.08. The molecule has 0 atom stereocenters. The van der Waals surface area contributed by atoms with E-state index in [0.29, 0.717) is 0 Å². The number of nitrogens with zero attached hydrogens (tertiary/aromatic N) is 2. The van der Waals surface area contributed by atoms with Gasteiger partial charge in [0.15, 0.2) is 0 Å². The van der Waals surface area contributed by atoms with Crippen LogP contribution in [0.5, 0.6) is 0 Å². The Balaban J connectivity index is 2.80. The van der Waals surface area contributed by atoms with Crippen LogP contribution >= 0.6 is 0 Å². The van der Waals surface area contributed by atoms with E-state index in [1.807, 2.05) is 13.8 Å². The van der Waals surface area contributed by atoms with E-state index in [-0.39, 0.29) is 11.7 Å². The molecule has 2 rings (SSSR count). The van der Waals surface area contributed by atoms with Gasteiger partial charge in [-0.25, -0.2) is 13.8 Å². The summed E-state index contributed by atoms with van der Waals surface area (Å²) in [6.07, 6.45) is 1.42. The smallest absolute Gasteiger partial charge is 0.298 e. The molecule has 94 valence electrons. The van der Waals surface area contributed by atoms with Crippen LogP contribution in [0.4, 0.5) is 4.39 Å². The van der Waals surface area contributed by atoms with E-state index in [1.165, 1.54) is 35.0 Å². The highest BCUT2D eigenvalue weighted by Gasteiger charge is 2.12. The Morgan fingerprint density at radius 3 is 2.39 bits per heavy atom. The Labute approximate surface area is 103 Å². The van der Waals surface area contributed by atoms with Gasteiger partial charge in [0.05, 0.1) is 5.69 Å². The molecule has 0 N–H and O–H groups in total. The second-order valence-corrected chi connectivity index (χ2v) is 4.22. The SMILES string of the molecule is CC(C)n1ccc(=O)n(-c2ccccc2F)c1=O. The van der Waals surface area contributed by atoms with Crippen molar-refractivity contribution in [1.82, 2.24) is 9.13 Å². The third-order valence-electron chi connectivity index (χ3n) is 2.66. The summed E-state index contributed by atoms with van der Waals surface area (Å²) >= 11 is 0. The van der Waals surface area contributed by atoms with Crippen LogP contribution in [-0.2, 0) is 0 Å². The second-order valence-electron chi connectivity index (χ2n) is 4.22. The number of rotatable bonds is 2. The first-order chi connectivity index (χ1) is 8.52. The van der Waals surface area contributed by atoms with E-state index in [9.17, 15) is 14.0 Å². The van der Waals surface area contributed by atoms with Crippen LogP contribution in [0.3, 0.4) is 0 Å². The molecule has 5 heteroatoms. The maximum Gasteiger partial charge on any atom is 0.335 e. The highest BCUT2D eigenvalue weighted by atomic mass is 19.1. The van der Waals surface area contributed by atoms with Gasteiger partial charge >= 0.3 is 5.69 Å². The number of hydrogen-bond acceptors (Lipinski definition) is 2. The van der Waals surface area contributed by atoms with Crippen molar-refractivity contribution in [3.8, 4) is 5.69 Å². The second kappa shape index (κ2) is 4.60. The van der Waals surface area contributed by atoms with Gasteiger partial charge in [-0.05, 0) is 26.0 Å². The van der Waals surface area contributed by atoms with Crippen LogP contribution in [0.1, 0.15) is 19.9 Å². The molecule has 0 aliphatic carbocycles. The maximum absolute atomic E-state index is 13.7. The zero-order chi connectivity index (χ0) is 13.3. The molecule has 0 saturated heterocycles. The number of halogens is 1. The Kier molecular flexibility index (Phi) is 3.14. The molecule has 1 aromatic carbocycles. The average Bonchev–Trinajstić information content (AvgIpc) is 2.31. The number of hydrogen-bond donors (Lipinski definition) is 0. The van der Waals surface area contributed by atoms with Crippen molar-refractivity contribution in [3.63, 3.8) is 0 Å². The molecule has 1 heterocycles. The van der Waals surface area contributed by atoms with Crippen LogP contribution in [-0.4, -0.2) is 9.13 Å². The molecule has 4 nitrogen and oxygen atoms in total. The van der Waals surface area contributed by atoms with Gasteiger partial charge in [0.1, 0.15) is 5.82 Å². The van der Waals surface area contributed by atoms with Gasteiger partial charge in [-0.2, -0.15) is 0 Å². The third kappa shape index (κ3) is 1.99. The lowest BCUT2D eigenvalue weighted by molar-refractivity contribution is 0.538. The maximum atomic E-state index is 13.7. The number of benzene rings is 1. The summed E-state index contributed by atoms with van der Waals surface area (Å²) in [5.74, 6) is -0.599. The summed E-state index contributed by atoms with van der Waals surface area (Å²) in [4.78, 5) is 23.9. The fourth-order valence-electron chi connectivity index (χ4n) is 1.74. The summed E-state index contributed by atoms with van der Waals surface area (Å²) in [5, 5.41) is 0. The van der Waals surface area contributed by atoms with Gasteiger partial charge in [-0.1, -0.05) is 12.1 Å². The number of para-hydroxylation sites is 1. The molecule has 18 heavy (non-hydrogen) atoms. The average molecular weight is 248 g/mol. The summed E-state index contributed by atoms with van der Waals surface area (Å²) < 4.78 is 15.9. The summed E-state index contributed by atoms with van der Waals surface area (Å²) in [6, 6.07) is 6.87. The fourth-order valence-corrected chi connectivity index (χ4v) is 1.74. The fraction of sp³-hybridized carbons (Fsp3) is 0.231. The minimum Gasteiger partial charge on any atom is -0.298 e. The van der Waals surface area contributed by atoms with Crippen molar-refractivity contribution in [1.29, 1.82) is 0 Å². The van der Waals surface area contributed by atoms with Crippen LogP contribution in [0, 0.1) is 5.82 Å². The summed E-state index contributed by atoms with van der Waals surface area (Å²) in [7, 11) is 0. The molecule has 0 aliphatic heterocycles. The minimum atomic E-state index is -0.599. The number of aromatic nitrogens is 2.